The van der Waals surface area contributed by atoms with Crippen molar-refractivity contribution >= 4 is 11.0 Å². The summed E-state index contributed by atoms with van der Waals surface area (Å²) >= 11 is 0. The highest BCUT2D eigenvalue weighted by Crippen LogP contribution is 2.33. The molecule has 4 nitrogen and oxygen atoms in total. The van der Waals surface area contributed by atoms with E-state index in [1.165, 1.54) is 11.1 Å². The molecule has 1 aliphatic heterocycles. The average molecular weight is 302 g/mol. The zero-order valence-electron chi connectivity index (χ0n) is 13.1. The Balaban J connectivity index is 1.80. The number of fused-ring (bicyclic) bond motifs is 1. The van der Waals surface area contributed by atoms with E-state index in [4.69, 9.17) is 4.98 Å². The molecule has 3 aromatic rings. The van der Waals surface area contributed by atoms with Crippen molar-refractivity contribution in [2.75, 3.05) is 6.54 Å². The SMILES string of the molecule is Cn1c([C@@H]2CCCN2C#N)nc2cc(-c3ccccc3)ccc21. The van der Waals surface area contributed by atoms with E-state index in [-0.39, 0.29) is 6.04 Å². The number of aromatic nitrogens is 2. The van der Waals surface area contributed by atoms with Crippen molar-refractivity contribution in [1.29, 1.82) is 5.26 Å². The van der Waals surface area contributed by atoms with Crippen molar-refractivity contribution in [2.24, 2.45) is 7.05 Å². The minimum Gasteiger partial charge on any atom is -0.329 e. The second-order valence-corrected chi connectivity index (χ2v) is 6.05. The molecule has 4 rings (SSSR count). The van der Waals surface area contributed by atoms with Crippen LogP contribution in [-0.2, 0) is 7.05 Å². The molecule has 0 N–H and O–H groups in total. The first-order chi connectivity index (χ1) is 11.3. The highest BCUT2D eigenvalue weighted by molar-refractivity contribution is 5.82. The van der Waals surface area contributed by atoms with Gasteiger partial charge in [-0.3, -0.25) is 0 Å². The van der Waals surface area contributed by atoms with Gasteiger partial charge in [0.25, 0.3) is 0 Å². The van der Waals surface area contributed by atoms with E-state index in [1.54, 1.807) is 0 Å². The van der Waals surface area contributed by atoms with Crippen LogP contribution >= 0.6 is 0 Å². The molecule has 0 saturated carbocycles. The second-order valence-electron chi connectivity index (χ2n) is 6.05. The van der Waals surface area contributed by atoms with Crippen molar-refractivity contribution in [2.45, 2.75) is 18.9 Å². The number of benzene rings is 2. The fourth-order valence-corrected chi connectivity index (χ4v) is 3.48. The van der Waals surface area contributed by atoms with Crippen molar-refractivity contribution in [3.05, 3.63) is 54.4 Å². The van der Waals surface area contributed by atoms with E-state index in [0.29, 0.717) is 0 Å². The Morgan fingerprint density at radius 2 is 1.96 bits per heavy atom. The summed E-state index contributed by atoms with van der Waals surface area (Å²) in [6.07, 6.45) is 4.35. The number of imidazole rings is 1. The minimum atomic E-state index is 0.109. The summed E-state index contributed by atoms with van der Waals surface area (Å²) in [6.45, 7) is 0.833. The lowest BCUT2D eigenvalue weighted by Crippen LogP contribution is -2.19. The van der Waals surface area contributed by atoms with Gasteiger partial charge in [-0.2, -0.15) is 5.26 Å². The first-order valence-corrected chi connectivity index (χ1v) is 7.96. The van der Waals surface area contributed by atoms with Gasteiger partial charge in [0.1, 0.15) is 5.82 Å². The molecule has 0 spiro atoms. The molecule has 1 saturated heterocycles. The van der Waals surface area contributed by atoms with Crippen LogP contribution in [0.25, 0.3) is 22.2 Å². The smallest absolute Gasteiger partial charge is 0.180 e. The number of nitrogens with zero attached hydrogens (tertiary/aromatic N) is 4. The summed E-state index contributed by atoms with van der Waals surface area (Å²) in [6, 6.07) is 16.9. The van der Waals surface area contributed by atoms with Crippen LogP contribution in [0, 0.1) is 11.5 Å². The normalized spacial score (nSPS) is 17.6. The highest BCUT2D eigenvalue weighted by Gasteiger charge is 2.29. The van der Waals surface area contributed by atoms with Crippen LogP contribution in [-0.4, -0.2) is 21.0 Å². The number of hydrogen-bond acceptors (Lipinski definition) is 3. The predicted molar refractivity (Wildman–Crippen MR) is 90.4 cm³/mol. The average Bonchev–Trinajstić information content (AvgIpc) is 3.19. The zero-order chi connectivity index (χ0) is 15.8. The second kappa shape index (κ2) is 5.44. The molecule has 1 fully saturated rings. The molecule has 0 bridgehead atoms. The van der Waals surface area contributed by atoms with Gasteiger partial charge in [0.2, 0.25) is 0 Å². The van der Waals surface area contributed by atoms with Gasteiger partial charge < -0.3 is 9.47 Å². The molecular formula is C19H18N4. The van der Waals surface area contributed by atoms with Crippen LogP contribution in [0.2, 0.25) is 0 Å². The van der Waals surface area contributed by atoms with Crippen molar-refractivity contribution in [1.82, 2.24) is 14.5 Å². The fraction of sp³-hybridized carbons (Fsp3) is 0.263. The molecular weight excluding hydrogens is 284 g/mol. The molecule has 0 radical (unpaired) electrons. The molecule has 1 atom stereocenters. The summed E-state index contributed by atoms with van der Waals surface area (Å²) in [5.41, 5.74) is 4.48. The molecule has 1 aliphatic rings. The predicted octanol–water partition coefficient (Wildman–Crippen LogP) is 3.86. The van der Waals surface area contributed by atoms with Gasteiger partial charge >= 0.3 is 0 Å². The van der Waals surface area contributed by atoms with Crippen LogP contribution in [0.3, 0.4) is 0 Å². The molecule has 0 amide bonds. The number of hydrogen-bond donors (Lipinski definition) is 0. The zero-order valence-corrected chi connectivity index (χ0v) is 13.1. The molecule has 0 aliphatic carbocycles. The third-order valence-electron chi connectivity index (χ3n) is 4.70. The molecule has 2 aromatic carbocycles. The third-order valence-corrected chi connectivity index (χ3v) is 4.70. The molecule has 114 valence electrons. The number of nitriles is 1. The monoisotopic (exact) mass is 302 g/mol. The first-order valence-electron chi connectivity index (χ1n) is 7.96. The Kier molecular flexibility index (Phi) is 3.27. The van der Waals surface area contributed by atoms with Crippen LogP contribution in [0.4, 0.5) is 0 Å². The molecule has 1 aromatic heterocycles. The maximum absolute atomic E-state index is 9.30. The van der Waals surface area contributed by atoms with Gasteiger partial charge in [0.05, 0.1) is 17.1 Å². The van der Waals surface area contributed by atoms with E-state index in [1.807, 2.05) is 30.1 Å². The maximum atomic E-state index is 9.30. The number of rotatable bonds is 2. The summed E-state index contributed by atoms with van der Waals surface area (Å²) in [4.78, 5) is 6.70. The number of likely N-dealkylation sites (tertiary alicyclic amines) is 1. The largest absolute Gasteiger partial charge is 0.329 e. The third kappa shape index (κ3) is 2.25. The Hall–Kier alpha value is -2.80. The summed E-state index contributed by atoms with van der Waals surface area (Å²) < 4.78 is 2.13. The summed E-state index contributed by atoms with van der Waals surface area (Å²) in [5, 5.41) is 9.30. The van der Waals surface area contributed by atoms with Crippen molar-refractivity contribution < 1.29 is 0 Å². The molecule has 2 heterocycles. The van der Waals surface area contributed by atoms with Crippen molar-refractivity contribution in [3.63, 3.8) is 0 Å². The Morgan fingerprint density at radius 1 is 1.13 bits per heavy atom. The van der Waals surface area contributed by atoms with Gasteiger partial charge in [0, 0.05) is 13.6 Å². The molecule has 23 heavy (non-hydrogen) atoms. The topological polar surface area (TPSA) is 44.9 Å². The van der Waals surface area contributed by atoms with Gasteiger partial charge in [-0.25, -0.2) is 4.98 Å². The summed E-state index contributed by atoms with van der Waals surface area (Å²) in [5.74, 6) is 0.990. The highest BCUT2D eigenvalue weighted by atomic mass is 15.2. The molecule has 0 unspecified atom stereocenters. The lowest BCUT2D eigenvalue weighted by Gasteiger charge is -2.17. The lowest BCUT2D eigenvalue weighted by molar-refractivity contribution is 0.354. The van der Waals surface area contributed by atoms with Crippen LogP contribution < -0.4 is 0 Å². The lowest BCUT2D eigenvalue weighted by atomic mass is 10.1. The Labute approximate surface area is 135 Å². The Morgan fingerprint density at radius 3 is 2.74 bits per heavy atom. The van der Waals surface area contributed by atoms with Gasteiger partial charge in [0.15, 0.2) is 6.19 Å². The number of aryl methyl sites for hydroxylation is 1. The van der Waals surface area contributed by atoms with Crippen LogP contribution in [0.15, 0.2) is 48.5 Å². The first kappa shape index (κ1) is 13.8. The standard InChI is InChI=1S/C19H18N4/c1-22-17-10-9-15(14-6-3-2-4-7-14)12-16(17)21-19(22)18-8-5-11-23(18)13-20/h2-4,6-7,9-10,12,18H,5,8,11H2,1H3/t18-/m0/s1. The van der Waals surface area contributed by atoms with E-state index in [9.17, 15) is 5.26 Å². The quantitative estimate of drug-likeness (QED) is 0.675. The van der Waals surface area contributed by atoms with Crippen LogP contribution in [0.5, 0.6) is 0 Å². The van der Waals surface area contributed by atoms with Gasteiger partial charge in [-0.15, -0.1) is 0 Å². The van der Waals surface area contributed by atoms with E-state index in [0.717, 1.165) is 36.2 Å². The van der Waals surface area contributed by atoms with E-state index in [2.05, 4.69) is 41.1 Å². The minimum absolute atomic E-state index is 0.109. The Bertz CT molecular complexity index is 889. The van der Waals surface area contributed by atoms with Gasteiger partial charge in [-0.05, 0) is 36.1 Å². The maximum Gasteiger partial charge on any atom is 0.180 e. The van der Waals surface area contributed by atoms with Crippen LogP contribution in [0.1, 0.15) is 24.7 Å². The van der Waals surface area contributed by atoms with E-state index < -0.39 is 0 Å². The van der Waals surface area contributed by atoms with Crippen molar-refractivity contribution in [3.8, 4) is 17.3 Å². The molecule has 4 heteroatoms. The van der Waals surface area contributed by atoms with Gasteiger partial charge in [-0.1, -0.05) is 36.4 Å². The van der Waals surface area contributed by atoms with E-state index >= 15 is 0 Å². The summed E-state index contributed by atoms with van der Waals surface area (Å²) in [7, 11) is 2.04. The fourth-order valence-electron chi connectivity index (χ4n) is 3.48.